The van der Waals surface area contributed by atoms with Crippen LogP contribution in [0.5, 0.6) is 0 Å². The molecule has 1 atom stereocenters. The number of nitrogens with two attached hydrogens (primary N) is 1. The van der Waals surface area contributed by atoms with Crippen LogP contribution in [0.2, 0.25) is 0 Å². The molecule has 1 aromatic carbocycles. The SMILES string of the molecule is CC(NC(=O)Cc1ccc(CN)cc1)C(=O)NC(C)(C)C. The van der Waals surface area contributed by atoms with E-state index in [9.17, 15) is 9.59 Å². The van der Waals surface area contributed by atoms with Crippen molar-refractivity contribution in [2.75, 3.05) is 0 Å². The molecule has 0 bridgehead atoms. The molecule has 0 aliphatic rings. The van der Waals surface area contributed by atoms with Crippen LogP contribution in [0.1, 0.15) is 38.8 Å². The van der Waals surface area contributed by atoms with E-state index >= 15 is 0 Å². The molecule has 0 radical (unpaired) electrons. The van der Waals surface area contributed by atoms with Gasteiger partial charge in [0.1, 0.15) is 6.04 Å². The van der Waals surface area contributed by atoms with E-state index in [2.05, 4.69) is 10.6 Å². The number of hydrogen-bond acceptors (Lipinski definition) is 3. The Morgan fingerprint density at radius 1 is 1.14 bits per heavy atom. The summed E-state index contributed by atoms with van der Waals surface area (Å²) in [6.45, 7) is 7.86. The van der Waals surface area contributed by atoms with Gasteiger partial charge in [-0.15, -0.1) is 0 Å². The Morgan fingerprint density at radius 2 is 1.67 bits per heavy atom. The molecule has 1 rings (SSSR count). The van der Waals surface area contributed by atoms with Gasteiger partial charge >= 0.3 is 0 Å². The smallest absolute Gasteiger partial charge is 0.242 e. The maximum absolute atomic E-state index is 11.9. The zero-order chi connectivity index (χ0) is 16.0. The summed E-state index contributed by atoms with van der Waals surface area (Å²) >= 11 is 0. The number of carbonyl (C=O) groups is 2. The third-order valence-corrected chi connectivity index (χ3v) is 2.89. The van der Waals surface area contributed by atoms with E-state index in [1.54, 1.807) is 6.92 Å². The van der Waals surface area contributed by atoms with Gasteiger partial charge in [-0.1, -0.05) is 24.3 Å². The highest BCUT2D eigenvalue weighted by molar-refractivity contribution is 5.88. The standard InChI is InChI=1S/C16H25N3O2/c1-11(15(21)19-16(2,3)4)18-14(20)9-12-5-7-13(10-17)8-6-12/h5-8,11H,9-10,17H2,1-4H3,(H,18,20)(H,19,21). The third-order valence-electron chi connectivity index (χ3n) is 2.89. The number of benzene rings is 1. The Morgan fingerprint density at radius 3 is 2.14 bits per heavy atom. The predicted octanol–water partition coefficient (Wildman–Crippen LogP) is 1.11. The molecule has 0 saturated carbocycles. The number of nitrogens with one attached hydrogen (secondary N) is 2. The summed E-state index contributed by atoms with van der Waals surface area (Å²) in [5.74, 6) is -0.360. The van der Waals surface area contributed by atoms with E-state index in [1.807, 2.05) is 45.0 Å². The van der Waals surface area contributed by atoms with Crippen LogP contribution < -0.4 is 16.4 Å². The first kappa shape index (κ1) is 17.2. The maximum Gasteiger partial charge on any atom is 0.242 e. The Balaban J connectivity index is 2.50. The van der Waals surface area contributed by atoms with Gasteiger partial charge in [-0.25, -0.2) is 0 Å². The Kier molecular flexibility index (Phi) is 5.90. The maximum atomic E-state index is 11.9. The summed E-state index contributed by atoms with van der Waals surface area (Å²) < 4.78 is 0. The van der Waals surface area contributed by atoms with Crippen molar-refractivity contribution in [3.63, 3.8) is 0 Å². The number of amides is 2. The second-order valence-electron chi connectivity index (χ2n) is 6.23. The van der Waals surface area contributed by atoms with Gasteiger partial charge in [0, 0.05) is 12.1 Å². The lowest BCUT2D eigenvalue weighted by atomic mass is 10.1. The quantitative estimate of drug-likeness (QED) is 0.759. The molecule has 0 heterocycles. The molecule has 0 aliphatic heterocycles. The molecule has 5 nitrogen and oxygen atoms in total. The number of carbonyl (C=O) groups excluding carboxylic acids is 2. The van der Waals surface area contributed by atoms with Crippen molar-refractivity contribution >= 4 is 11.8 Å². The third kappa shape index (κ3) is 6.40. The first-order chi connectivity index (χ1) is 9.71. The molecule has 0 fully saturated rings. The van der Waals surface area contributed by atoms with Crippen LogP contribution in [0.4, 0.5) is 0 Å². The second kappa shape index (κ2) is 7.22. The summed E-state index contributed by atoms with van der Waals surface area (Å²) in [5.41, 5.74) is 7.14. The van der Waals surface area contributed by atoms with E-state index in [0.717, 1.165) is 11.1 Å². The summed E-state index contributed by atoms with van der Waals surface area (Å²) in [7, 11) is 0. The summed E-state index contributed by atoms with van der Waals surface area (Å²) in [6.07, 6.45) is 0.248. The fourth-order valence-electron chi connectivity index (χ4n) is 1.81. The lowest BCUT2D eigenvalue weighted by Crippen LogP contribution is -2.51. The van der Waals surface area contributed by atoms with Crippen LogP contribution in [0.15, 0.2) is 24.3 Å². The lowest BCUT2D eigenvalue weighted by Gasteiger charge is -2.23. The van der Waals surface area contributed by atoms with E-state index < -0.39 is 6.04 Å². The van der Waals surface area contributed by atoms with Gasteiger partial charge in [0.2, 0.25) is 11.8 Å². The van der Waals surface area contributed by atoms with Gasteiger partial charge in [0.05, 0.1) is 6.42 Å². The van der Waals surface area contributed by atoms with Crippen molar-refractivity contribution in [1.82, 2.24) is 10.6 Å². The van der Waals surface area contributed by atoms with Gasteiger partial charge in [-0.05, 0) is 38.8 Å². The van der Waals surface area contributed by atoms with Crippen molar-refractivity contribution in [1.29, 1.82) is 0 Å². The van der Waals surface area contributed by atoms with Crippen LogP contribution in [0, 0.1) is 0 Å². The van der Waals surface area contributed by atoms with Gasteiger partial charge in [0.15, 0.2) is 0 Å². The molecule has 21 heavy (non-hydrogen) atoms. The minimum Gasteiger partial charge on any atom is -0.350 e. The summed E-state index contributed by atoms with van der Waals surface area (Å²) in [5, 5.41) is 5.54. The lowest BCUT2D eigenvalue weighted by molar-refractivity contribution is -0.129. The molecule has 0 aromatic heterocycles. The van der Waals surface area contributed by atoms with Crippen molar-refractivity contribution in [3.05, 3.63) is 35.4 Å². The highest BCUT2D eigenvalue weighted by atomic mass is 16.2. The summed E-state index contributed by atoms with van der Waals surface area (Å²) in [6, 6.07) is 7.00. The van der Waals surface area contributed by atoms with E-state index in [4.69, 9.17) is 5.73 Å². The molecular formula is C16H25N3O2. The Hall–Kier alpha value is -1.88. The number of rotatable bonds is 5. The largest absolute Gasteiger partial charge is 0.350 e. The molecule has 1 aromatic rings. The van der Waals surface area contributed by atoms with Crippen LogP contribution >= 0.6 is 0 Å². The van der Waals surface area contributed by atoms with Gasteiger partial charge in [0.25, 0.3) is 0 Å². The first-order valence-electron chi connectivity index (χ1n) is 7.10. The monoisotopic (exact) mass is 291 g/mol. The highest BCUT2D eigenvalue weighted by Crippen LogP contribution is 2.05. The average molecular weight is 291 g/mol. The molecule has 2 amide bonds. The van der Waals surface area contributed by atoms with Gasteiger partial charge in [-0.2, -0.15) is 0 Å². The van der Waals surface area contributed by atoms with Crippen molar-refractivity contribution < 1.29 is 9.59 Å². The second-order valence-corrected chi connectivity index (χ2v) is 6.23. The van der Waals surface area contributed by atoms with Gasteiger partial charge < -0.3 is 16.4 Å². The topological polar surface area (TPSA) is 84.2 Å². The molecule has 0 aliphatic carbocycles. The van der Waals surface area contributed by atoms with Crippen LogP contribution in [-0.2, 0) is 22.6 Å². The van der Waals surface area contributed by atoms with Crippen LogP contribution in [0.3, 0.4) is 0 Å². The van der Waals surface area contributed by atoms with E-state index in [1.165, 1.54) is 0 Å². The summed E-state index contributed by atoms with van der Waals surface area (Å²) in [4.78, 5) is 23.8. The fraction of sp³-hybridized carbons (Fsp3) is 0.500. The molecule has 5 heteroatoms. The zero-order valence-electron chi connectivity index (χ0n) is 13.2. The molecule has 0 spiro atoms. The Labute approximate surface area is 126 Å². The molecule has 116 valence electrons. The van der Waals surface area contributed by atoms with E-state index in [-0.39, 0.29) is 23.8 Å². The highest BCUT2D eigenvalue weighted by Gasteiger charge is 2.20. The van der Waals surface area contributed by atoms with Crippen molar-refractivity contribution in [3.8, 4) is 0 Å². The van der Waals surface area contributed by atoms with Gasteiger partial charge in [-0.3, -0.25) is 9.59 Å². The normalized spacial score (nSPS) is 12.6. The first-order valence-corrected chi connectivity index (χ1v) is 7.10. The van der Waals surface area contributed by atoms with Crippen LogP contribution in [0.25, 0.3) is 0 Å². The predicted molar refractivity (Wildman–Crippen MR) is 83.5 cm³/mol. The van der Waals surface area contributed by atoms with Crippen molar-refractivity contribution in [2.45, 2.75) is 52.2 Å². The molecular weight excluding hydrogens is 266 g/mol. The van der Waals surface area contributed by atoms with Crippen LogP contribution in [-0.4, -0.2) is 23.4 Å². The minimum absolute atomic E-state index is 0.174. The molecule has 4 N–H and O–H groups in total. The molecule has 0 saturated heterocycles. The number of hydrogen-bond donors (Lipinski definition) is 3. The van der Waals surface area contributed by atoms with E-state index in [0.29, 0.717) is 6.54 Å². The van der Waals surface area contributed by atoms with Crippen molar-refractivity contribution in [2.24, 2.45) is 5.73 Å². The Bertz CT molecular complexity index is 489. The average Bonchev–Trinajstić information content (AvgIpc) is 2.37. The zero-order valence-corrected chi connectivity index (χ0v) is 13.2. The fourth-order valence-corrected chi connectivity index (χ4v) is 1.81. The molecule has 1 unspecified atom stereocenters. The minimum atomic E-state index is -0.556.